The number of thioether (sulfide) groups is 1. The Morgan fingerprint density at radius 2 is 1.81 bits per heavy atom. The molecule has 0 spiro atoms. The van der Waals surface area contributed by atoms with Gasteiger partial charge in [0.05, 0.1) is 13.7 Å². The van der Waals surface area contributed by atoms with Crippen LogP contribution in [0.3, 0.4) is 0 Å². The second kappa shape index (κ2) is 8.05. The molecule has 0 aliphatic heterocycles. The number of benzene rings is 1. The molecule has 136 valence electrons. The number of aryl methyl sites for hydroxylation is 1. The van der Waals surface area contributed by atoms with E-state index in [-0.39, 0.29) is 0 Å². The molecule has 4 rings (SSSR count). The topological polar surface area (TPSA) is 70.7 Å². The molecule has 0 fully saturated rings. The summed E-state index contributed by atoms with van der Waals surface area (Å²) in [7, 11) is 1.66. The maximum atomic E-state index is 5.27. The van der Waals surface area contributed by atoms with Crippen molar-refractivity contribution in [2.75, 3.05) is 12.9 Å². The molecule has 0 radical (unpaired) electrons. The van der Waals surface area contributed by atoms with Gasteiger partial charge in [-0.2, -0.15) is 5.10 Å². The number of hydrogen-bond acceptors (Lipinski definition) is 6. The standard InChI is InChI=1S/C19H18N6OS/c1-26-17-5-3-16(4-6-17)25-18(15-7-10-20-11-8-15)22-23-19(25)27-14-13-24-12-2-9-21-24/h2-12H,13-14H2,1H3. The molecule has 0 aliphatic carbocycles. The molecule has 0 bridgehead atoms. The number of rotatable bonds is 7. The zero-order chi connectivity index (χ0) is 18.5. The third-order valence-electron chi connectivity index (χ3n) is 4.01. The predicted molar refractivity (Wildman–Crippen MR) is 104 cm³/mol. The van der Waals surface area contributed by atoms with Gasteiger partial charge in [-0.15, -0.1) is 10.2 Å². The van der Waals surface area contributed by atoms with Gasteiger partial charge < -0.3 is 4.74 Å². The lowest BCUT2D eigenvalue weighted by atomic mass is 10.2. The summed E-state index contributed by atoms with van der Waals surface area (Å²) in [6.07, 6.45) is 7.25. The summed E-state index contributed by atoms with van der Waals surface area (Å²) >= 11 is 1.65. The monoisotopic (exact) mass is 378 g/mol. The maximum Gasteiger partial charge on any atom is 0.196 e. The fraction of sp³-hybridized carbons (Fsp3) is 0.158. The average Bonchev–Trinajstić information content (AvgIpc) is 3.39. The number of methoxy groups -OCH3 is 1. The van der Waals surface area contributed by atoms with E-state index in [2.05, 4.69) is 24.8 Å². The molecule has 8 heteroatoms. The Balaban J connectivity index is 1.66. The van der Waals surface area contributed by atoms with Gasteiger partial charge in [-0.05, 0) is 42.5 Å². The van der Waals surface area contributed by atoms with Crippen LogP contribution in [0.5, 0.6) is 5.75 Å². The van der Waals surface area contributed by atoms with Gasteiger partial charge in [0.25, 0.3) is 0 Å². The predicted octanol–water partition coefficient (Wildman–Crippen LogP) is 3.33. The molecule has 4 aromatic rings. The third kappa shape index (κ3) is 3.85. The van der Waals surface area contributed by atoms with Crippen LogP contribution in [0.1, 0.15) is 0 Å². The Hall–Kier alpha value is -3.13. The minimum Gasteiger partial charge on any atom is -0.497 e. The largest absolute Gasteiger partial charge is 0.497 e. The van der Waals surface area contributed by atoms with Crippen LogP contribution in [0, 0.1) is 0 Å². The molecule has 0 atom stereocenters. The zero-order valence-electron chi connectivity index (χ0n) is 14.8. The summed E-state index contributed by atoms with van der Waals surface area (Å²) < 4.78 is 9.24. The fourth-order valence-corrected chi connectivity index (χ4v) is 3.56. The van der Waals surface area contributed by atoms with E-state index in [1.807, 2.05) is 53.3 Å². The van der Waals surface area contributed by atoms with Gasteiger partial charge >= 0.3 is 0 Å². The van der Waals surface area contributed by atoms with Crippen LogP contribution in [0.15, 0.2) is 72.4 Å². The molecule has 0 aliphatic rings. The molecular formula is C19H18N6OS. The van der Waals surface area contributed by atoms with Crippen LogP contribution in [0.2, 0.25) is 0 Å². The average molecular weight is 378 g/mol. The van der Waals surface area contributed by atoms with Crippen molar-refractivity contribution in [1.29, 1.82) is 0 Å². The van der Waals surface area contributed by atoms with E-state index in [0.717, 1.165) is 40.3 Å². The van der Waals surface area contributed by atoms with Gasteiger partial charge in [-0.1, -0.05) is 11.8 Å². The van der Waals surface area contributed by atoms with E-state index < -0.39 is 0 Å². The molecule has 7 nitrogen and oxygen atoms in total. The number of ether oxygens (including phenoxy) is 1. The quantitative estimate of drug-likeness (QED) is 0.460. The van der Waals surface area contributed by atoms with E-state index >= 15 is 0 Å². The van der Waals surface area contributed by atoms with Crippen molar-refractivity contribution >= 4 is 11.8 Å². The number of nitrogens with zero attached hydrogens (tertiary/aromatic N) is 6. The van der Waals surface area contributed by atoms with Crippen LogP contribution < -0.4 is 4.74 Å². The van der Waals surface area contributed by atoms with E-state index in [9.17, 15) is 0 Å². The zero-order valence-corrected chi connectivity index (χ0v) is 15.6. The molecule has 0 saturated carbocycles. The smallest absolute Gasteiger partial charge is 0.196 e. The second-order valence-corrected chi connectivity index (χ2v) is 6.76. The molecule has 0 unspecified atom stereocenters. The van der Waals surface area contributed by atoms with Gasteiger partial charge in [0.1, 0.15) is 5.75 Å². The summed E-state index contributed by atoms with van der Waals surface area (Å²) in [4.78, 5) is 4.09. The highest BCUT2D eigenvalue weighted by Gasteiger charge is 2.16. The second-order valence-electron chi connectivity index (χ2n) is 5.69. The number of hydrogen-bond donors (Lipinski definition) is 0. The highest BCUT2D eigenvalue weighted by molar-refractivity contribution is 7.99. The summed E-state index contributed by atoms with van der Waals surface area (Å²) in [5.74, 6) is 2.43. The SMILES string of the molecule is COc1ccc(-n2c(SCCn3cccn3)nnc2-c2ccncc2)cc1. The van der Waals surface area contributed by atoms with Crippen LogP contribution in [-0.2, 0) is 6.54 Å². The van der Waals surface area contributed by atoms with Gasteiger partial charge in [-0.25, -0.2) is 0 Å². The Morgan fingerprint density at radius 3 is 2.52 bits per heavy atom. The van der Waals surface area contributed by atoms with Crippen molar-refractivity contribution in [2.45, 2.75) is 11.7 Å². The minimum absolute atomic E-state index is 0.782. The first-order valence-corrected chi connectivity index (χ1v) is 9.44. The van der Waals surface area contributed by atoms with Crippen LogP contribution in [-0.4, -0.2) is 42.4 Å². The molecule has 0 saturated heterocycles. The third-order valence-corrected chi connectivity index (χ3v) is 4.92. The van der Waals surface area contributed by atoms with Crippen molar-refractivity contribution in [3.63, 3.8) is 0 Å². The first kappa shape index (κ1) is 17.3. The van der Waals surface area contributed by atoms with Gasteiger partial charge in [-0.3, -0.25) is 14.2 Å². The Morgan fingerprint density at radius 1 is 1.00 bits per heavy atom. The van der Waals surface area contributed by atoms with Gasteiger partial charge in [0.2, 0.25) is 0 Å². The Bertz CT molecular complexity index is 983. The van der Waals surface area contributed by atoms with Gasteiger partial charge in [0, 0.05) is 41.8 Å². The van der Waals surface area contributed by atoms with Crippen LogP contribution in [0.25, 0.3) is 17.1 Å². The fourth-order valence-electron chi connectivity index (χ4n) is 2.68. The lowest BCUT2D eigenvalue weighted by Gasteiger charge is -2.11. The summed E-state index contributed by atoms with van der Waals surface area (Å²) in [5.41, 5.74) is 1.95. The summed E-state index contributed by atoms with van der Waals surface area (Å²) in [5, 5.41) is 13.9. The number of pyridine rings is 1. The molecule has 0 amide bonds. The Labute approximate surface area is 161 Å². The highest BCUT2D eigenvalue weighted by Crippen LogP contribution is 2.28. The molecule has 3 aromatic heterocycles. The van der Waals surface area contributed by atoms with Crippen molar-refractivity contribution < 1.29 is 4.74 Å². The first-order chi connectivity index (χ1) is 13.3. The van der Waals surface area contributed by atoms with Crippen molar-refractivity contribution in [1.82, 2.24) is 29.5 Å². The van der Waals surface area contributed by atoms with Crippen LogP contribution in [0.4, 0.5) is 0 Å². The summed E-state index contributed by atoms with van der Waals surface area (Å²) in [6, 6.07) is 13.7. The highest BCUT2D eigenvalue weighted by atomic mass is 32.2. The normalized spacial score (nSPS) is 10.9. The molecule has 3 heterocycles. The number of aromatic nitrogens is 6. The minimum atomic E-state index is 0.782. The van der Waals surface area contributed by atoms with Crippen molar-refractivity contribution in [2.24, 2.45) is 0 Å². The van der Waals surface area contributed by atoms with Crippen molar-refractivity contribution in [3.05, 3.63) is 67.3 Å². The Kier molecular flexibility index (Phi) is 5.15. The van der Waals surface area contributed by atoms with E-state index in [0.29, 0.717) is 0 Å². The lowest BCUT2D eigenvalue weighted by Crippen LogP contribution is -2.03. The van der Waals surface area contributed by atoms with E-state index in [1.54, 1.807) is 37.5 Å². The lowest BCUT2D eigenvalue weighted by molar-refractivity contribution is 0.414. The first-order valence-electron chi connectivity index (χ1n) is 8.45. The van der Waals surface area contributed by atoms with Crippen LogP contribution >= 0.6 is 11.8 Å². The van der Waals surface area contributed by atoms with Crippen molar-refractivity contribution in [3.8, 4) is 22.8 Å². The van der Waals surface area contributed by atoms with E-state index in [4.69, 9.17) is 4.74 Å². The molecular weight excluding hydrogens is 360 g/mol. The molecule has 27 heavy (non-hydrogen) atoms. The molecule has 0 N–H and O–H groups in total. The van der Waals surface area contributed by atoms with E-state index in [1.165, 1.54) is 0 Å². The maximum absolute atomic E-state index is 5.27. The van der Waals surface area contributed by atoms with Gasteiger partial charge in [0.15, 0.2) is 11.0 Å². The summed E-state index contributed by atoms with van der Waals surface area (Å²) in [6.45, 7) is 0.803. The molecule has 1 aromatic carbocycles.